The Labute approximate surface area is 192 Å². The lowest BCUT2D eigenvalue weighted by molar-refractivity contribution is 0.0949. The predicted octanol–water partition coefficient (Wildman–Crippen LogP) is 5.41. The second-order valence-corrected chi connectivity index (χ2v) is 8.38. The minimum absolute atomic E-state index is 0.201. The maximum Gasteiger partial charge on any atom is 0.251 e. The summed E-state index contributed by atoms with van der Waals surface area (Å²) in [4.78, 5) is 12.6. The largest absolute Gasteiger partial charge is 0.494 e. The molecule has 0 saturated heterocycles. The number of thioether (sulfide) groups is 1. The van der Waals surface area contributed by atoms with Gasteiger partial charge in [-0.15, -0.1) is 10.2 Å². The van der Waals surface area contributed by atoms with E-state index in [0.29, 0.717) is 18.0 Å². The van der Waals surface area contributed by atoms with Crippen LogP contribution in [0.1, 0.15) is 55.7 Å². The topological polar surface area (TPSA) is 69.0 Å². The van der Waals surface area contributed by atoms with E-state index < -0.39 is 0 Å². The molecule has 0 atom stereocenters. The van der Waals surface area contributed by atoms with Crippen LogP contribution in [0.2, 0.25) is 0 Å². The summed E-state index contributed by atoms with van der Waals surface area (Å²) in [6.45, 7) is 5.11. The van der Waals surface area contributed by atoms with E-state index in [2.05, 4.69) is 29.4 Å². The second-order valence-electron chi connectivity index (χ2n) is 7.32. The summed E-state index contributed by atoms with van der Waals surface area (Å²) in [5.41, 5.74) is 1.30. The van der Waals surface area contributed by atoms with Crippen LogP contribution in [0.15, 0.2) is 53.7 Å². The molecule has 0 unspecified atom stereocenters. The molecule has 0 saturated carbocycles. The molecular formula is C24H29FN4O2S. The lowest BCUT2D eigenvalue weighted by Gasteiger charge is -2.11. The number of nitrogens with one attached hydrogen (secondary N) is 1. The van der Waals surface area contributed by atoms with E-state index in [4.69, 9.17) is 4.74 Å². The first-order valence-electron chi connectivity index (χ1n) is 11.0. The highest BCUT2D eigenvalue weighted by Crippen LogP contribution is 2.23. The monoisotopic (exact) mass is 456 g/mol. The van der Waals surface area contributed by atoms with Crippen LogP contribution < -0.4 is 10.1 Å². The first-order valence-corrected chi connectivity index (χ1v) is 11.9. The Hall–Kier alpha value is -2.87. The van der Waals surface area contributed by atoms with Gasteiger partial charge in [-0.3, -0.25) is 9.36 Å². The summed E-state index contributed by atoms with van der Waals surface area (Å²) >= 11 is 1.60. The molecule has 32 heavy (non-hydrogen) atoms. The van der Waals surface area contributed by atoms with E-state index in [1.807, 2.05) is 4.57 Å². The Balaban J connectivity index is 1.69. The summed E-state index contributed by atoms with van der Waals surface area (Å²) in [6, 6.07) is 13.3. The van der Waals surface area contributed by atoms with Gasteiger partial charge < -0.3 is 10.1 Å². The molecule has 1 heterocycles. The van der Waals surface area contributed by atoms with Crippen molar-refractivity contribution >= 4 is 17.7 Å². The van der Waals surface area contributed by atoms with Crippen molar-refractivity contribution in [3.63, 3.8) is 0 Å². The molecule has 0 fully saturated rings. The maximum atomic E-state index is 13.4. The van der Waals surface area contributed by atoms with E-state index in [-0.39, 0.29) is 18.3 Å². The van der Waals surface area contributed by atoms with Crippen molar-refractivity contribution in [1.29, 1.82) is 0 Å². The smallest absolute Gasteiger partial charge is 0.251 e. The quantitative estimate of drug-likeness (QED) is 0.292. The van der Waals surface area contributed by atoms with Gasteiger partial charge in [0.25, 0.3) is 5.91 Å². The Bertz CT molecular complexity index is 990. The summed E-state index contributed by atoms with van der Waals surface area (Å²) in [7, 11) is 0. The Kier molecular flexibility index (Phi) is 9.10. The van der Waals surface area contributed by atoms with Gasteiger partial charge in [-0.1, -0.05) is 38.5 Å². The van der Waals surface area contributed by atoms with Gasteiger partial charge in [0.2, 0.25) is 0 Å². The number of aromatic nitrogens is 3. The van der Waals surface area contributed by atoms with Crippen molar-refractivity contribution in [3.05, 3.63) is 65.7 Å². The molecule has 0 aliphatic heterocycles. The first-order chi connectivity index (χ1) is 15.6. The number of carbonyl (C=O) groups is 1. The van der Waals surface area contributed by atoms with Crippen molar-refractivity contribution in [2.24, 2.45) is 0 Å². The lowest BCUT2D eigenvalue weighted by Crippen LogP contribution is -2.24. The number of unbranched alkanes of at least 4 members (excludes halogenated alkanes) is 2. The van der Waals surface area contributed by atoms with E-state index in [1.54, 1.807) is 48.2 Å². The van der Waals surface area contributed by atoms with E-state index in [9.17, 15) is 9.18 Å². The van der Waals surface area contributed by atoms with Crippen LogP contribution in [0.3, 0.4) is 0 Å². The van der Waals surface area contributed by atoms with Crippen molar-refractivity contribution in [3.8, 4) is 11.4 Å². The zero-order valence-electron chi connectivity index (χ0n) is 18.5. The third-order valence-electron chi connectivity index (χ3n) is 4.80. The third-order valence-corrected chi connectivity index (χ3v) is 5.82. The number of hydrogen-bond donors (Lipinski definition) is 1. The second kappa shape index (κ2) is 12.2. The fraction of sp³-hybridized carbons (Fsp3) is 0.375. The average molecular weight is 457 g/mol. The molecule has 0 aliphatic carbocycles. The van der Waals surface area contributed by atoms with E-state index in [0.717, 1.165) is 48.0 Å². The van der Waals surface area contributed by atoms with E-state index >= 15 is 0 Å². The molecule has 0 spiro atoms. The van der Waals surface area contributed by atoms with Crippen LogP contribution in [-0.2, 0) is 6.54 Å². The summed E-state index contributed by atoms with van der Waals surface area (Å²) in [5, 5.41) is 12.2. The number of halogens is 1. The van der Waals surface area contributed by atoms with Gasteiger partial charge in [0, 0.05) is 17.0 Å². The highest BCUT2D eigenvalue weighted by Gasteiger charge is 2.16. The minimum Gasteiger partial charge on any atom is -0.494 e. The van der Waals surface area contributed by atoms with Gasteiger partial charge in [-0.2, -0.15) is 0 Å². The van der Waals surface area contributed by atoms with Crippen molar-refractivity contribution in [1.82, 2.24) is 20.1 Å². The summed E-state index contributed by atoms with van der Waals surface area (Å²) in [6.07, 6.45) is 4.21. The van der Waals surface area contributed by atoms with Gasteiger partial charge in [-0.05, 0) is 61.4 Å². The van der Waals surface area contributed by atoms with Crippen molar-refractivity contribution < 1.29 is 13.9 Å². The standard InChI is InChI=1S/C24H29FN4O2S/c1-3-5-15-31-21-13-7-18(8-14-21)23(30)26-17-22-27-28-24(32-16-6-4-2)29(22)20-11-9-19(25)10-12-20/h7-14H,3-6,15-17H2,1-2H3,(H,26,30). The molecule has 8 heteroatoms. The van der Waals surface area contributed by atoms with Crippen LogP contribution in [0.25, 0.3) is 5.69 Å². The lowest BCUT2D eigenvalue weighted by atomic mass is 10.2. The number of hydrogen-bond acceptors (Lipinski definition) is 5. The fourth-order valence-electron chi connectivity index (χ4n) is 2.96. The van der Waals surface area contributed by atoms with Crippen LogP contribution in [0.4, 0.5) is 4.39 Å². The van der Waals surface area contributed by atoms with Crippen LogP contribution in [0, 0.1) is 5.82 Å². The predicted molar refractivity (Wildman–Crippen MR) is 125 cm³/mol. The Morgan fingerprint density at radius 3 is 2.44 bits per heavy atom. The molecule has 3 aromatic rings. The van der Waals surface area contributed by atoms with Gasteiger partial charge >= 0.3 is 0 Å². The Morgan fingerprint density at radius 2 is 1.75 bits per heavy atom. The van der Waals surface area contributed by atoms with Crippen LogP contribution in [-0.4, -0.2) is 33.0 Å². The van der Waals surface area contributed by atoms with Gasteiger partial charge in [0.05, 0.1) is 13.2 Å². The minimum atomic E-state index is -0.306. The molecule has 0 bridgehead atoms. The molecule has 0 radical (unpaired) electrons. The Morgan fingerprint density at radius 1 is 1.03 bits per heavy atom. The molecule has 2 aromatic carbocycles. The van der Waals surface area contributed by atoms with Crippen molar-refractivity contribution in [2.75, 3.05) is 12.4 Å². The number of benzene rings is 2. The molecule has 3 rings (SSSR count). The number of amides is 1. The van der Waals surface area contributed by atoms with Crippen molar-refractivity contribution in [2.45, 2.75) is 51.2 Å². The zero-order valence-corrected chi connectivity index (χ0v) is 19.3. The van der Waals surface area contributed by atoms with Gasteiger partial charge in [0.1, 0.15) is 11.6 Å². The highest BCUT2D eigenvalue weighted by atomic mass is 32.2. The normalized spacial score (nSPS) is 10.8. The number of carbonyl (C=O) groups excluding carboxylic acids is 1. The van der Waals surface area contributed by atoms with Gasteiger partial charge in [-0.25, -0.2) is 4.39 Å². The third kappa shape index (κ3) is 6.56. The van der Waals surface area contributed by atoms with Crippen LogP contribution >= 0.6 is 11.8 Å². The number of nitrogens with zero attached hydrogens (tertiary/aromatic N) is 3. The molecule has 0 aliphatic rings. The average Bonchev–Trinajstić information content (AvgIpc) is 3.21. The summed E-state index contributed by atoms with van der Waals surface area (Å²) in [5.74, 6) is 1.73. The number of rotatable bonds is 12. The molecule has 170 valence electrons. The fourth-order valence-corrected chi connectivity index (χ4v) is 4.02. The first kappa shape index (κ1) is 23.8. The molecular weight excluding hydrogens is 427 g/mol. The maximum absolute atomic E-state index is 13.4. The summed E-state index contributed by atoms with van der Waals surface area (Å²) < 4.78 is 20.9. The van der Waals surface area contributed by atoms with Crippen LogP contribution in [0.5, 0.6) is 5.75 Å². The van der Waals surface area contributed by atoms with E-state index in [1.165, 1.54) is 12.1 Å². The SMILES string of the molecule is CCCCOc1ccc(C(=O)NCc2nnc(SCCCC)n2-c2ccc(F)cc2)cc1. The molecule has 1 N–H and O–H groups in total. The molecule has 6 nitrogen and oxygen atoms in total. The number of ether oxygens (including phenoxy) is 1. The highest BCUT2D eigenvalue weighted by molar-refractivity contribution is 7.99. The van der Waals surface area contributed by atoms with Gasteiger partial charge in [0.15, 0.2) is 11.0 Å². The zero-order chi connectivity index (χ0) is 22.8. The molecule has 1 amide bonds. The molecule has 1 aromatic heterocycles.